The van der Waals surface area contributed by atoms with Crippen LogP contribution in [0.15, 0.2) is 53.9 Å². The zero-order valence-corrected chi connectivity index (χ0v) is 20.3. The lowest BCUT2D eigenvalue weighted by atomic mass is 10.0. The first-order chi connectivity index (χ1) is 15.4. The summed E-state index contributed by atoms with van der Waals surface area (Å²) < 4.78 is 11.3. The summed E-state index contributed by atoms with van der Waals surface area (Å²) in [6.07, 6.45) is 0.869. The molecule has 0 radical (unpaired) electrons. The van der Waals surface area contributed by atoms with E-state index in [9.17, 15) is 4.79 Å². The van der Waals surface area contributed by atoms with Gasteiger partial charge in [-0.15, -0.1) is 11.3 Å². The van der Waals surface area contributed by atoms with E-state index >= 15 is 0 Å². The van der Waals surface area contributed by atoms with E-state index in [2.05, 4.69) is 33.8 Å². The van der Waals surface area contributed by atoms with Crippen LogP contribution >= 0.6 is 11.3 Å². The number of carbonyl (C=O) groups is 1. The van der Waals surface area contributed by atoms with Gasteiger partial charge in [0.25, 0.3) is 5.91 Å². The number of rotatable bonds is 10. The van der Waals surface area contributed by atoms with Crippen molar-refractivity contribution in [3.05, 3.63) is 75.7 Å². The van der Waals surface area contributed by atoms with Crippen LogP contribution in [-0.2, 0) is 13.2 Å². The predicted octanol–water partition coefficient (Wildman–Crippen LogP) is 6.30. The van der Waals surface area contributed by atoms with E-state index in [0.717, 1.165) is 28.6 Å². The highest BCUT2D eigenvalue weighted by Crippen LogP contribution is 2.27. The molecular weight excluding hydrogens is 420 g/mol. The zero-order valence-electron chi connectivity index (χ0n) is 19.5. The summed E-state index contributed by atoms with van der Waals surface area (Å²) in [4.78, 5) is 19.8. The molecule has 170 valence electrons. The highest BCUT2D eigenvalue weighted by molar-refractivity contribution is 7.09. The molecule has 3 aromatic rings. The molecule has 0 unspecified atom stereocenters. The van der Waals surface area contributed by atoms with E-state index in [0.29, 0.717) is 24.6 Å². The van der Waals surface area contributed by atoms with Gasteiger partial charge in [-0.25, -0.2) is 4.98 Å². The van der Waals surface area contributed by atoms with Crippen molar-refractivity contribution in [3.63, 3.8) is 0 Å². The van der Waals surface area contributed by atoms with Crippen molar-refractivity contribution in [2.75, 3.05) is 7.11 Å². The second-order valence-electron chi connectivity index (χ2n) is 8.13. The van der Waals surface area contributed by atoms with E-state index in [-0.39, 0.29) is 11.9 Å². The van der Waals surface area contributed by atoms with Crippen LogP contribution < -0.4 is 9.47 Å². The van der Waals surface area contributed by atoms with Gasteiger partial charge in [0.15, 0.2) is 0 Å². The van der Waals surface area contributed by atoms with Gasteiger partial charge < -0.3 is 14.4 Å². The first kappa shape index (κ1) is 23.8. The van der Waals surface area contributed by atoms with Crippen LogP contribution in [0.2, 0.25) is 0 Å². The van der Waals surface area contributed by atoms with Gasteiger partial charge in [-0.05, 0) is 55.2 Å². The highest BCUT2D eigenvalue weighted by Gasteiger charge is 2.22. The first-order valence-corrected chi connectivity index (χ1v) is 11.9. The third-order valence-corrected chi connectivity index (χ3v) is 6.42. The normalized spacial score (nSPS) is 11.9. The van der Waals surface area contributed by atoms with Crippen LogP contribution in [-0.4, -0.2) is 28.9 Å². The van der Waals surface area contributed by atoms with Crippen LogP contribution in [0, 0.1) is 0 Å². The molecule has 0 fully saturated rings. The largest absolute Gasteiger partial charge is 0.497 e. The monoisotopic (exact) mass is 452 g/mol. The molecule has 0 N–H and O–H groups in total. The van der Waals surface area contributed by atoms with Crippen molar-refractivity contribution in [3.8, 4) is 11.5 Å². The fraction of sp³-hybridized carbons (Fsp3) is 0.385. The maximum Gasteiger partial charge on any atom is 0.254 e. The third-order valence-electron chi connectivity index (χ3n) is 5.54. The fourth-order valence-corrected chi connectivity index (χ4v) is 4.13. The summed E-state index contributed by atoms with van der Waals surface area (Å²) in [5.74, 6) is 2.03. The topological polar surface area (TPSA) is 51.7 Å². The van der Waals surface area contributed by atoms with Crippen molar-refractivity contribution in [2.45, 2.75) is 59.2 Å². The maximum atomic E-state index is 13.2. The van der Waals surface area contributed by atoms with E-state index in [1.54, 1.807) is 18.4 Å². The number of hydrogen-bond acceptors (Lipinski definition) is 5. The quantitative estimate of drug-likeness (QED) is 0.362. The maximum absolute atomic E-state index is 13.2. The number of hydrogen-bond donors (Lipinski definition) is 0. The Morgan fingerprint density at radius 1 is 1.09 bits per heavy atom. The Labute approximate surface area is 195 Å². The molecule has 0 aliphatic heterocycles. The third kappa shape index (κ3) is 5.88. The number of benzene rings is 2. The lowest BCUT2D eigenvalue weighted by molar-refractivity contribution is 0.0669. The number of thiazole rings is 1. The molecule has 0 saturated heterocycles. The minimum absolute atomic E-state index is 0.00124. The molecule has 0 saturated carbocycles. The van der Waals surface area contributed by atoms with Crippen LogP contribution in [0.25, 0.3) is 0 Å². The molecular formula is C26H32N2O3S. The van der Waals surface area contributed by atoms with Crippen LogP contribution in [0.5, 0.6) is 11.5 Å². The highest BCUT2D eigenvalue weighted by atomic mass is 32.1. The van der Waals surface area contributed by atoms with Crippen molar-refractivity contribution in [1.82, 2.24) is 9.88 Å². The standard InChI is InChI=1S/C26H32N2O3S/c1-6-19(4)28(26(29)20-11-13-22(30-5)14-12-20)15-21-17-32-25(27-21)16-31-24-10-8-7-9-23(24)18(2)3/h7-14,17-19H,6,15-16H2,1-5H3/t19-/m1/s1. The minimum atomic E-state index is -0.00124. The molecule has 0 bridgehead atoms. The van der Waals surface area contributed by atoms with Crippen LogP contribution in [0.3, 0.4) is 0 Å². The molecule has 1 aromatic heterocycles. The number of nitrogens with zero attached hydrogens (tertiary/aromatic N) is 2. The molecule has 1 amide bonds. The lowest BCUT2D eigenvalue weighted by Gasteiger charge is -2.28. The summed E-state index contributed by atoms with van der Waals surface area (Å²) in [5, 5.41) is 2.92. The molecule has 2 aromatic carbocycles. The van der Waals surface area contributed by atoms with Gasteiger partial charge in [-0.1, -0.05) is 39.0 Å². The number of ether oxygens (including phenoxy) is 2. The number of amides is 1. The molecule has 0 aliphatic carbocycles. The van der Waals surface area contributed by atoms with Gasteiger partial charge >= 0.3 is 0 Å². The number of aromatic nitrogens is 1. The summed E-state index contributed by atoms with van der Waals surface area (Å²) in [6, 6.07) is 15.5. The van der Waals surface area contributed by atoms with Crippen molar-refractivity contribution >= 4 is 17.2 Å². The van der Waals surface area contributed by atoms with Gasteiger partial charge in [0.1, 0.15) is 23.1 Å². The number of methoxy groups -OCH3 is 1. The second-order valence-corrected chi connectivity index (χ2v) is 9.08. The van der Waals surface area contributed by atoms with Crippen molar-refractivity contribution < 1.29 is 14.3 Å². The molecule has 1 heterocycles. The Balaban J connectivity index is 1.70. The Morgan fingerprint density at radius 2 is 1.81 bits per heavy atom. The van der Waals surface area contributed by atoms with E-state index in [1.165, 1.54) is 5.56 Å². The summed E-state index contributed by atoms with van der Waals surface area (Å²) >= 11 is 1.57. The average molecular weight is 453 g/mol. The van der Waals surface area contributed by atoms with Crippen LogP contribution in [0.4, 0.5) is 0 Å². The predicted molar refractivity (Wildman–Crippen MR) is 130 cm³/mol. The van der Waals surface area contributed by atoms with Gasteiger partial charge in [0.05, 0.1) is 19.3 Å². The van der Waals surface area contributed by atoms with E-state index in [4.69, 9.17) is 14.5 Å². The van der Waals surface area contributed by atoms with E-state index < -0.39 is 0 Å². The Hall–Kier alpha value is -2.86. The first-order valence-electron chi connectivity index (χ1n) is 11.0. The number of para-hydroxylation sites is 1. The molecule has 5 nitrogen and oxygen atoms in total. The van der Waals surface area contributed by atoms with Gasteiger partial charge in [-0.3, -0.25) is 4.79 Å². The van der Waals surface area contributed by atoms with Gasteiger partial charge in [0.2, 0.25) is 0 Å². The van der Waals surface area contributed by atoms with Gasteiger partial charge in [-0.2, -0.15) is 0 Å². The van der Waals surface area contributed by atoms with Gasteiger partial charge in [0, 0.05) is 17.0 Å². The zero-order chi connectivity index (χ0) is 23.1. The molecule has 32 heavy (non-hydrogen) atoms. The van der Waals surface area contributed by atoms with Crippen molar-refractivity contribution in [2.24, 2.45) is 0 Å². The fourth-order valence-electron chi connectivity index (χ4n) is 3.44. The van der Waals surface area contributed by atoms with Crippen molar-refractivity contribution in [1.29, 1.82) is 0 Å². The van der Waals surface area contributed by atoms with E-state index in [1.807, 2.05) is 52.7 Å². The smallest absolute Gasteiger partial charge is 0.254 e. The summed E-state index contributed by atoms with van der Waals surface area (Å²) in [6.45, 7) is 9.37. The average Bonchev–Trinajstić information content (AvgIpc) is 3.28. The number of carbonyl (C=O) groups excluding carboxylic acids is 1. The SMILES string of the molecule is CC[C@@H](C)N(Cc1csc(COc2ccccc2C(C)C)n1)C(=O)c1ccc(OC)cc1. The second kappa shape index (κ2) is 11.1. The Bertz CT molecular complexity index is 1010. The Morgan fingerprint density at radius 3 is 2.47 bits per heavy atom. The molecule has 1 atom stereocenters. The summed E-state index contributed by atoms with van der Waals surface area (Å²) in [5.41, 5.74) is 2.72. The summed E-state index contributed by atoms with van der Waals surface area (Å²) in [7, 11) is 1.62. The Kier molecular flexibility index (Phi) is 8.28. The van der Waals surface area contributed by atoms with Crippen LogP contribution in [0.1, 0.15) is 66.7 Å². The molecule has 3 rings (SSSR count). The molecule has 0 aliphatic rings. The molecule has 6 heteroatoms. The minimum Gasteiger partial charge on any atom is -0.497 e. The lowest BCUT2D eigenvalue weighted by Crippen LogP contribution is -2.37. The molecule has 0 spiro atoms.